The zero-order valence-corrected chi connectivity index (χ0v) is 22.8. The van der Waals surface area contributed by atoms with E-state index in [-0.39, 0.29) is 35.1 Å². The number of rotatable bonds is 12. The van der Waals surface area contributed by atoms with Gasteiger partial charge in [0.25, 0.3) is 0 Å². The van der Waals surface area contributed by atoms with E-state index < -0.39 is 11.2 Å². The van der Waals surface area contributed by atoms with Crippen molar-refractivity contribution in [2.45, 2.75) is 127 Å². The molecule has 0 aromatic heterocycles. The molecule has 0 spiro atoms. The summed E-state index contributed by atoms with van der Waals surface area (Å²) in [6.07, 6.45) is 2.91. The molecule has 0 saturated heterocycles. The van der Waals surface area contributed by atoms with Gasteiger partial charge in [-0.05, 0) is 76.5 Å². The van der Waals surface area contributed by atoms with E-state index in [0.29, 0.717) is 24.7 Å². The van der Waals surface area contributed by atoms with Gasteiger partial charge in [0, 0.05) is 0 Å². The average Bonchev–Trinajstić information content (AvgIpc) is 2.53. The van der Waals surface area contributed by atoms with Crippen LogP contribution in [0.15, 0.2) is 0 Å². The summed E-state index contributed by atoms with van der Waals surface area (Å²) in [5.74, 6) is 0.652. The molecule has 2 unspecified atom stereocenters. The van der Waals surface area contributed by atoms with Gasteiger partial charge in [0.05, 0.1) is 11.8 Å². The lowest BCUT2D eigenvalue weighted by Crippen LogP contribution is -2.39. The molecule has 0 aliphatic rings. The van der Waals surface area contributed by atoms with Crippen molar-refractivity contribution < 1.29 is 19.1 Å². The fourth-order valence-electron chi connectivity index (χ4n) is 3.82. The first kappa shape index (κ1) is 29.9. The molecule has 0 aliphatic heterocycles. The Kier molecular flexibility index (Phi) is 11.3. The van der Waals surface area contributed by atoms with Gasteiger partial charge in [-0.2, -0.15) is 0 Å². The first-order valence-electron chi connectivity index (χ1n) is 12.2. The predicted octanol–water partition coefficient (Wildman–Crippen LogP) is 7.44. The second-order valence-corrected chi connectivity index (χ2v) is 12.9. The summed E-state index contributed by atoms with van der Waals surface area (Å²) in [4.78, 5) is 25.8. The molecule has 0 N–H and O–H groups in total. The third-order valence-corrected chi connectivity index (χ3v) is 5.95. The van der Waals surface area contributed by atoms with Crippen molar-refractivity contribution in [1.29, 1.82) is 0 Å². The highest BCUT2D eigenvalue weighted by Gasteiger charge is 2.37. The summed E-state index contributed by atoms with van der Waals surface area (Å²) in [6, 6.07) is 0. The minimum Gasteiger partial charge on any atom is -0.459 e. The fourth-order valence-corrected chi connectivity index (χ4v) is 3.82. The third kappa shape index (κ3) is 11.9. The quantitative estimate of drug-likeness (QED) is 0.296. The largest absolute Gasteiger partial charge is 0.459 e. The van der Waals surface area contributed by atoms with Crippen LogP contribution in [0.2, 0.25) is 0 Å². The smallest absolute Gasteiger partial charge is 0.310 e. The number of carbonyl (C=O) groups excluding carboxylic acids is 2. The van der Waals surface area contributed by atoms with Crippen LogP contribution in [0.25, 0.3) is 0 Å². The number of hydrogen-bond donors (Lipinski definition) is 0. The van der Waals surface area contributed by atoms with Crippen molar-refractivity contribution in [3.8, 4) is 0 Å². The molecule has 0 amide bonds. The zero-order valence-electron chi connectivity index (χ0n) is 22.8. The monoisotopic (exact) mass is 440 g/mol. The lowest BCUT2D eigenvalue weighted by molar-refractivity contribution is -0.173. The molecule has 0 bridgehead atoms. The van der Waals surface area contributed by atoms with E-state index in [0.717, 1.165) is 12.8 Å². The van der Waals surface area contributed by atoms with Crippen molar-refractivity contribution >= 4 is 11.9 Å². The number of hydrogen-bond acceptors (Lipinski definition) is 4. The van der Waals surface area contributed by atoms with Crippen molar-refractivity contribution in [1.82, 2.24) is 0 Å². The minimum atomic E-state index is -0.614. The molecule has 31 heavy (non-hydrogen) atoms. The van der Waals surface area contributed by atoms with Crippen LogP contribution in [-0.4, -0.2) is 23.1 Å². The molecular weight excluding hydrogens is 388 g/mol. The molecule has 0 aromatic rings. The third-order valence-electron chi connectivity index (χ3n) is 5.95. The number of esters is 2. The molecule has 0 saturated carbocycles. The maximum Gasteiger partial charge on any atom is 0.310 e. The molecule has 4 heteroatoms. The molecule has 184 valence electrons. The van der Waals surface area contributed by atoms with Gasteiger partial charge in [0.1, 0.15) is 11.2 Å². The predicted molar refractivity (Wildman–Crippen MR) is 130 cm³/mol. The Morgan fingerprint density at radius 2 is 1.03 bits per heavy atom. The molecule has 0 radical (unpaired) electrons. The molecule has 0 aliphatic carbocycles. The number of carbonyl (C=O) groups is 2. The summed E-state index contributed by atoms with van der Waals surface area (Å²) in [5, 5.41) is 0. The molecular formula is C27H52O4. The van der Waals surface area contributed by atoms with Gasteiger partial charge in [-0.1, -0.05) is 62.3 Å². The standard InChI is InChI=1S/C27H52O4/c1-18(2)16-21(20(5)6)23(28)30-26(10,11)14-15-27(12,13)31-24(29)22(17-19(3)4)25(7,8)9/h18-22H,14-17H2,1-13H3. The van der Waals surface area contributed by atoms with E-state index in [1.54, 1.807) is 0 Å². The summed E-state index contributed by atoms with van der Waals surface area (Å²) in [7, 11) is 0. The first-order chi connectivity index (χ1) is 13.8. The highest BCUT2D eigenvalue weighted by Crippen LogP contribution is 2.35. The van der Waals surface area contributed by atoms with Gasteiger partial charge >= 0.3 is 11.9 Å². The van der Waals surface area contributed by atoms with E-state index in [2.05, 4.69) is 62.3 Å². The van der Waals surface area contributed by atoms with Crippen molar-refractivity contribution in [3.05, 3.63) is 0 Å². The highest BCUT2D eigenvalue weighted by molar-refractivity contribution is 5.74. The second-order valence-electron chi connectivity index (χ2n) is 12.9. The lowest BCUT2D eigenvalue weighted by Gasteiger charge is -2.36. The first-order valence-corrected chi connectivity index (χ1v) is 12.2. The van der Waals surface area contributed by atoms with E-state index in [4.69, 9.17) is 9.47 Å². The van der Waals surface area contributed by atoms with Crippen molar-refractivity contribution in [2.24, 2.45) is 35.0 Å². The summed E-state index contributed by atoms with van der Waals surface area (Å²) in [6.45, 7) is 26.8. The van der Waals surface area contributed by atoms with Gasteiger partial charge in [-0.3, -0.25) is 9.59 Å². The van der Waals surface area contributed by atoms with Crippen LogP contribution in [0.1, 0.15) is 116 Å². The zero-order chi connectivity index (χ0) is 24.8. The van der Waals surface area contributed by atoms with Crippen molar-refractivity contribution in [2.75, 3.05) is 0 Å². The van der Waals surface area contributed by atoms with E-state index in [9.17, 15) is 9.59 Å². The SMILES string of the molecule is CC(C)CC(C(=O)OC(C)(C)CCC(C)(C)OC(=O)C(CC(C)C)C(C)(C)C)C(C)C. The Labute approximate surface area is 193 Å². The van der Waals surface area contributed by atoms with E-state index >= 15 is 0 Å². The summed E-state index contributed by atoms with van der Waals surface area (Å²) >= 11 is 0. The molecule has 0 fully saturated rings. The van der Waals surface area contributed by atoms with Crippen LogP contribution in [0.5, 0.6) is 0 Å². The van der Waals surface area contributed by atoms with Gasteiger partial charge < -0.3 is 9.47 Å². The molecule has 0 aromatic carbocycles. The number of ether oxygens (including phenoxy) is 2. The van der Waals surface area contributed by atoms with Gasteiger partial charge in [-0.25, -0.2) is 0 Å². The summed E-state index contributed by atoms with van der Waals surface area (Å²) < 4.78 is 11.9. The Morgan fingerprint density at radius 3 is 1.35 bits per heavy atom. The van der Waals surface area contributed by atoms with Crippen LogP contribution in [0, 0.1) is 35.0 Å². The van der Waals surface area contributed by atoms with Gasteiger partial charge in [-0.15, -0.1) is 0 Å². The highest BCUT2D eigenvalue weighted by atomic mass is 16.6. The molecule has 0 rings (SSSR count). The van der Waals surface area contributed by atoms with Crippen molar-refractivity contribution in [3.63, 3.8) is 0 Å². The fraction of sp³-hybridized carbons (Fsp3) is 0.926. The Morgan fingerprint density at radius 1 is 0.645 bits per heavy atom. The average molecular weight is 441 g/mol. The maximum absolute atomic E-state index is 13.0. The Hall–Kier alpha value is -1.06. The molecule has 4 nitrogen and oxygen atoms in total. The van der Waals surface area contributed by atoms with Crippen LogP contribution in [-0.2, 0) is 19.1 Å². The van der Waals surface area contributed by atoms with E-state index in [1.807, 2.05) is 27.7 Å². The Bertz CT molecular complexity index is 564. The van der Waals surface area contributed by atoms with Crippen LogP contribution >= 0.6 is 0 Å². The topological polar surface area (TPSA) is 52.6 Å². The van der Waals surface area contributed by atoms with Gasteiger partial charge in [0.2, 0.25) is 0 Å². The van der Waals surface area contributed by atoms with Crippen LogP contribution < -0.4 is 0 Å². The molecule has 2 atom stereocenters. The second kappa shape index (κ2) is 11.7. The molecule has 0 heterocycles. The normalized spacial score (nSPS) is 15.4. The summed E-state index contributed by atoms with van der Waals surface area (Å²) in [5.41, 5.74) is -1.36. The maximum atomic E-state index is 13.0. The van der Waals surface area contributed by atoms with Crippen LogP contribution in [0.4, 0.5) is 0 Å². The van der Waals surface area contributed by atoms with E-state index in [1.165, 1.54) is 0 Å². The van der Waals surface area contributed by atoms with Gasteiger partial charge in [0.15, 0.2) is 0 Å². The minimum absolute atomic E-state index is 0.0892. The van der Waals surface area contributed by atoms with Crippen LogP contribution in [0.3, 0.4) is 0 Å². The lowest BCUT2D eigenvalue weighted by atomic mass is 9.76. The Balaban J connectivity index is 5.07.